The van der Waals surface area contributed by atoms with E-state index >= 15 is 0 Å². The summed E-state index contributed by atoms with van der Waals surface area (Å²) in [6, 6.07) is 13.7. The van der Waals surface area contributed by atoms with E-state index in [-0.39, 0.29) is 5.91 Å². The Labute approximate surface area is 201 Å². The van der Waals surface area contributed by atoms with E-state index in [1.165, 1.54) is 5.57 Å². The van der Waals surface area contributed by atoms with Gasteiger partial charge in [-0.3, -0.25) is 15.1 Å². The molecule has 0 spiro atoms. The summed E-state index contributed by atoms with van der Waals surface area (Å²) >= 11 is 6.42. The van der Waals surface area contributed by atoms with Crippen molar-refractivity contribution in [2.24, 2.45) is 0 Å². The minimum absolute atomic E-state index is 0.0153. The number of nitrogens with one attached hydrogen (secondary N) is 2. The van der Waals surface area contributed by atoms with E-state index in [0.717, 1.165) is 47.4 Å². The van der Waals surface area contributed by atoms with Gasteiger partial charge in [0.15, 0.2) is 0 Å². The van der Waals surface area contributed by atoms with E-state index in [2.05, 4.69) is 38.2 Å². The molecule has 2 N–H and O–H groups in total. The van der Waals surface area contributed by atoms with Crippen molar-refractivity contribution in [3.63, 3.8) is 0 Å². The van der Waals surface area contributed by atoms with Gasteiger partial charge in [-0.1, -0.05) is 36.7 Å². The fourth-order valence-corrected chi connectivity index (χ4v) is 4.25. The van der Waals surface area contributed by atoms with Gasteiger partial charge >= 0.3 is 0 Å². The molecule has 0 unspecified atom stereocenters. The number of amidine groups is 1. The van der Waals surface area contributed by atoms with E-state index in [0.29, 0.717) is 28.0 Å². The van der Waals surface area contributed by atoms with Gasteiger partial charge in [0.05, 0.1) is 5.02 Å². The van der Waals surface area contributed by atoms with Crippen LogP contribution >= 0.6 is 11.6 Å². The maximum Gasteiger partial charge on any atom is 0.251 e. The highest BCUT2D eigenvalue weighted by molar-refractivity contribution is 6.34. The molecule has 1 amide bonds. The Morgan fingerprint density at radius 1 is 1.15 bits per heavy atom. The Morgan fingerprint density at radius 3 is 2.55 bits per heavy atom. The van der Waals surface area contributed by atoms with Crippen molar-refractivity contribution in [3.8, 4) is 0 Å². The van der Waals surface area contributed by atoms with Crippen LogP contribution in [-0.4, -0.2) is 22.7 Å². The van der Waals surface area contributed by atoms with Crippen molar-refractivity contribution in [3.05, 3.63) is 98.9 Å². The molecule has 2 aromatic carbocycles. The second-order valence-electron chi connectivity index (χ2n) is 8.85. The van der Waals surface area contributed by atoms with Gasteiger partial charge in [0, 0.05) is 28.6 Å². The normalized spacial score (nSPS) is 17.3. The molecule has 0 bridgehead atoms. The van der Waals surface area contributed by atoms with Crippen LogP contribution in [0.25, 0.3) is 5.57 Å². The first-order valence-electron chi connectivity index (χ1n) is 11.4. The summed E-state index contributed by atoms with van der Waals surface area (Å²) in [5.74, 6) is 0.334. The smallest absolute Gasteiger partial charge is 0.251 e. The van der Waals surface area contributed by atoms with Crippen molar-refractivity contribution >= 4 is 28.9 Å². The third-order valence-corrected chi connectivity index (χ3v) is 6.62. The number of halogens is 1. The van der Waals surface area contributed by atoms with Crippen LogP contribution in [0.3, 0.4) is 0 Å². The SMILES string of the molecule is CC/C(C)=C1\C=C(c2cc(C(=O)NC3CC3)ccc2C)C=C(C)N1C(=N)c1ccccc1Cl. The first-order valence-corrected chi connectivity index (χ1v) is 11.8. The average Bonchev–Trinajstić information content (AvgIpc) is 3.62. The number of carbonyl (C=O) groups is 1. The summed E-state index contributed by atoms with van der Waals surface area (Å²) < 4.78 is 0. The van der Waals surface area contributed by atoms with Crippen molar-refractivity contribution < 1.29 is 4.79 Å². The molecule has 4 rings (SSSR count). The summed E-state index contributed by atoms with van der Waals surface area (Å²) in [5.41, 5.74) is 7.64. The van der Waals surface area contributed by atoms with Crippen molar-refractivity contribution in [1.82, 2.24) is 10.2 Å². The minimum Gasteiger partial charge on any atom is -0.349 e. The van der Waals surface area contributed by atoms with Gasteiger partial charge in [0.2, 0.25) is 0 Å². The molecule has 5 heteroatoms. The Morgan fingerprint density at radius 2 is 1.88 bits per heavy atom. The maximum atomic E-state index is 12.7. The molecule has 1 saturated carbocycles. The lowest BCUT2D eigenvalue weighted by Crippen LogP contribution is -2.31. The molecule has 1 fully saturated rings. The first-order chi connectivity index (χ1) is 15.8. The second-order valence-corrected chi connectivity index (χ2v) is 9.25. The number of nitrogens with zero attached hydrogens (tertiary/aromatic N) is 1. The summed E-state index contributed by atoms with van der Waals surface area (Å²) in [6.07, 6.45) is 7.21. The van der Waals surface area contributed by atoms with Crippen LogP contribution in [0.15, 0.2) is 71.6 Å². The van der Waals surface area contributed by atoms with Crippen molar-refractivity contribution in [2.75, 3.05) is 0 Å². The molecule has 0 radical (unpaired) electrons. The number of carbonyl (C=O) groups excluding carboxylic acids is 1. The summed E-state index contributed by atoms with van der Waals surface area (Å²) in [4.78, 5) is 14.6. The average molecular weight is 460 g/mol. The largest absolute Gasteiger partial charge is 0.349 e. The van der Waals surface area contributed by atoms with E-state index in [9.17, 15) is 4.79 Å². The fraction of sp³-hybridized carbons (Fsp3) is 0.286. The van der Waals surface area contributed by atoms with Gasteiger partial charge < -0.3 is 5.32 Å². The molecule has 2 aromatic rings. The zero-order chi connectivity index (χ0) is 23.7. The Balaban J connectivity index is 1.75. The molecule has 0 saturated heterocycles. The number of aryl methyl sites for hydroxylation is 1. The summed E-state index contributed by atoms with van der Waals surface area (Å²) in [6.45, 7) is 8.30. The Hall–Kier alpha value is -3.11. The van der Waals surface area contributed by atoms with Gasteiger partial charge in [-0.2, -0.15) is 0 Å². The van der Waals surface area contributed by atoms with Crippen molar-refractivity contribution in [2.45, 2.75) is 53.0 Å². The number of benzene rings is 2. The first kappa shape index (κ1) is 23.1. The molecule has 0 aromatic heterocycles. The number of amides is 1. The molecule has 1 aliphatic carbocycles. The molecule has 2 aliphatic rings. The predicted octanol–water partition coefficient (Wildman–Crippen LogP) is 6.85. The van der Waals surface area contributed by atoms with Gasteiger partial charge in [0.25, 0.3) is 5.91 Å². The topological polar surface area (TPSA) is 56.2 Å². The van der Waals surface area contributed by atoms with Crippen LogP contribution in [-0.2, 0) is 0 Å². The predicted molar refractivity (Wildman–Crippen MR) is 137 cm³/mol. The van der Waals surface area contributed by atoms with Crippen LogP contribution in [0.4, 0.5) is 0 Å². The van der Waals surface area contributed by atoms with Gasteiger partial charge in [-0.05, 0) is 98.7 Å². The summed E-state index contributed by atoms with van der Waals surface area (Å²) in [5, 5.41) is 12.6. The van der Waals surface area contributed by atoms with Gasteiger partial charge in [0.1, 0.15) is 5.84 Å². The van der Waals surface area contributed by atoms with E-state index in [4.69, 9.17) is 17.0 Å². The van der Waals surface area contributed by atoms with Crippen LogP contribution in [0.5, 0.6) is 0 Å². The molecule has 4 nitrogen and oxygen atoms in total. The Kier molecular flexibility index (Phi) is 6.57. The van der Waals surface area contributed by atoms with Crippen LogP contribution in [0.2, 0.25) is 5.02 Å². The van der Waals surface area contributed by atoms with Gasteiger partial charge in [-0.15, -0.1) is 0 Å². The van der Waals surface area contributed by atoms with Crippen LogP contribution in [0.1, 0.15) is 67.1 Å². The number of rotatable bonds is 5. The number of hydrogen-bond acceptors (Lipinski definition) is 2. The second kappa shape index (κ2) is 9.40. The van der Waals surface area contributed by atoms with E-state index in [1.54, 1.807) is 0 Å². The van der Waals surface area contributed by atoms with Gasteiger partial charge in [-0.25, -0.2) is 0 Å². The lowest BCUT2D eigenvalue weighted by molar-refractivity contribution is 0.0951. The molecule has 1 heterocycles. The zero-order valence-electron chi connectivity index (χ0n) is 19.6. The minimum atomic E-state index is -0.0153. The quantitative estimate of drug-likeness (QED) is 0.379. The third kappa shape index (κ3) is 4.81. The molecule has 170 valence electrons. The number of allylic oxidation sites excluding steroid dienone is 5. The lowest BCUT2D eigenvalue weighted by Gasteiger charge is -2.33. The molecule has 33 heavy (non-hydrogen) atoms. The molecule has 1 aliphatic heterocycles. The third-order valence-electron chi connectivity index (χ3n) is 6.29. The number of hydrogen-bond donors (Lipinski definition) is 2. The highest BCUT2D eigenvalue weighted by Crippen LogP contribution is 2.35. The van der Waals surface area contributed by atoms with E-state index < -0.39 is 0 Å². The van der Waals surface area contributed by atoms with Crippen LogP contribution < -0.4 is 5.32 Å². The monoisotopic (exact) mass is 459 g/mol. The zero-order valence-corrected chi connectivity index (χ0v) is 20.4. The molecular weight excluding hydrogens is 430 g/mol. The standard InChI is InChI=1S/C28H30ClN3O/c1-5-17(2)26-16-21(14-19(4)32(26)27(30)23-8-6-7-9-25(23)29)24-15-20(11-10-18(24)3)28(33)31-22-12-13-22/h6-11,14-16,22,30H,5,12-13H2,1-4H3,(H,31,33)/b26-17+,30-27?. The van der Waals surface area contributed by atoms with Crippen molar-refractivity contribution in [1.29, 1.82) is 5.41 Å². The molecule has 0 atom stereocenters. The maximum absolute atomic E-state index is 12.7. The lowest BCUT2D eigenvalue weighted by atomic mass is 9.92. The Bertz CT molecular complexity index is 1220. The summed E-state index contributed by atoms with van der Waals surface area (Å²) in [7, 11) is 0. The fourth-order valence-electron chi connectivity index (χ4n) is 4.02. The van der Waals surface area contributed by atoms with Crippen LogP contribution in [0, 0.1) is 12.3 Å². The molecular formula is C28H30ClN3O. The highest BCUT2D eigenvalue weighted by atomic mass is 35.5. The van der Waals surface area contributed by atoms with E-state index in [1.807, 2.05) is 54.3 Å². The highest BCUT2D eigenvalue weighted by Gasteiger charge is 2.26.